The molecule has 0 bridgehead atoms. The van der Waals surface area contributed by atoms with E-state index in [0.29, 0.717) is 18.7 Å². The Balaban J connectivity index is 2.17. The smallest absolute Gasteiger partial charge is 0.185 e. The molecular formula is C13H17F2N3O. The maximum absolute atomic E-state index is 14.3. The number of methoxy groups -OCH3 is 1. The van der Waals surface area contributed by atoms with Gasteiger partial charge >= 0.3 is 0 Å². The van der Waals surface area contributed by atoms with Crippen LogP contribution < -0.4 is 5.73 Å². The summed E-state index contributed by atoms with van der Waals surface area (Å²) in [4.78, 5) is 0. The molecule has 0 saturated heterocycles. The molecule has 1 aliphatic carbocycles. The summed E-state index contributed by atoms with van der Waals surface area (Å²) in [6, 6.07) is 0. The van der Waals surface area contributed by atoms with Gasteiger partial charge in [0.25, 0.3) is 0 Å². The van der Waals surface area contributed by atoms with Crippen LogP contribution in [-0.4, -0.2) is 22.6 Å². The van der Waals surface area contributed by atoms with E-state index in [2.05, 4.69) is 5.10 Å². The van der Waals surface area contributed by atoms with Gasteiger partial charge in [0, 0.05) is 24.7 Å². The van der Waals surface area contributed by atoms with Gasteiger partial charge in [0.1, 0.15) is 5.83 Å². The molecule has 2 rings (SSSR count). The van der Waals surface area contributed by atoms with Gasteiger partial charge in [-0.05, 0) is 18.6 Å². The number of hydrogen-bond acceptors (Lipinski definition) is 3. The van der Waals surface area contributed by atoms with Crippen LogP contribution in [0.25, 0.3) is 0 Å². The van der Waals surface area contributed by atoms with Gasteiger partial charge in [-0.15, -0.1) is 0 Å². The van der Waals surface area contributed by atoms with Crippen molar-refractivity contribution < 1.29 is 13.5 Å². The number of alkyl halides is 1. The SMILES string of the molecule is COC1=C(F)CC(Cn2cc(CN)cn2)=CC1(C)F. The van der Waals surface area contributed by atoms with E-state index in [4.69, 9.17) is 10.5 Å². The molecular weight excluding hydrogens is 252 g/mol. The Labute approximate surface area is 110 Å². The van der Waals surface area contributed by atoms with Gasteiger partial charge in [0.15, 0.2) is 11.4 Å². The highest BCUT2D eigenvalue weighted by Crippen LogP contribution is 2.36. The van der Waals surface area contributed by atoms with Crippen molar-refractivity contribution in [3.05, 3.63) is 41.2 Å². The average molecular weight is 269 g/mol. The van der Waals surface area contributed by atoms with Crippen LogP contribution in [0.5, 0.6) is 0 Å². The van der Waals surface area contributed by atoms with Crippen molar-refractivity contribution in [1.82, 2.24) is 9.78 Å². The fourth-order valence-corrected chi connectivity index (χ4v) is 2.26. The molecule has 1 heterocycles. The predicted molar refractivity (Wildman–Crippen MR) is 67.5 cm³/mol. The molecule has 4 nitrogen and oxygen atoms in total. The van der Waals surface area contributed by atoms with Crippen LogP contribution in [0.1, 0.15) is 18.9 Å². The molecule has 19 heavy (non-hydrogen) atoms. The van der Waals surface area contributed by atoms with Gasteiger partial charge in [-0.1, -0.05) is 0 Å². The summed E-state index contributed by atoms with van der Waals surface area (Å²) in [5, 5.41) is 4.10. The maximum Gasteiger partial charge on any atom is 0.185 e. The van der Waals surface area contributed by atoms with Crippen molar-refractivity contribution >= 4 is 0 Å². The van der Waals surface area contributed by atoms with Crippen molar-refractivity contribution in [3.8, 4) is 0 Å². The van der Waals surface area contributed by atoms with Crippen LogP contribution in [0.3, 0.4) is 0 Å². The second-order valence-corrected chi connectivity index (χ2v) is 4.74. The summed E-state index contributed by atoms with van der Waals surface area (Å²) < 4.78 is 34.5. The Hall–Kier alpha value is -1.69. The summed E-state index contributed by atoms with van der Waals surface area (Å²) in [5.74, 6) is -0.824. The van der Waals surface area contributed by atoms with E-state index in [-0.39, 0.29) is 12.2 Å². The number of nitrogens with zero attached hydrogens (tertiary/aromatic N) is 2. The van der Waals surface area contributed by atoms with Crippen molar-refractivity contribution in [2.75, 3.05) is 7.11 Å². The second-order valence-electron chi connectivity index (χ2n) is 4.74. The van der Waals surface area contributed by atoms with E-state index in [1.165, 1.54) is 20.1 Å². The molecule has 0 amide bonds. The first kappa shape index (κ1) is 13.7. The monoisotopic (exact) mass is 269 g/mol. The van der Waals surface area contributed by atoms with E-state index in [1.807, 2.05) is 0 Å². The van der Waals surface area contributed by atoms with E-state index in [0.717, 1.165) is 5.56 Å². The first-order valence-electron chi connectivity index (χ1n) is 6.00. The zero-order valence-electron chi connectivity index (χ0n) is 11.0. The van der Waals surface area contributed by atoms with Crippen LogP contribution in [0.15, 0.2) is 35.6 Å². The van der Waals surface area contributed by atoms with Gasteiger partial charge in [-0.25, -0.2) is 8.78 Å². The molecule has 0 radical (unpaired) electrons. The number of aromatic nitrogens is 2. The summed E-state index contributed by atoms with van der Waals surface area (Å²) in [7, 11) is 1.27. The summed E-state index contributed by atoms with van der Waals surface area (Å²) in [6.07, 6.45) is 4.84. The predicted octanol–water partition coefficient (Wildman–Crippen LogP) is 2.23. The zero-order chi connectivity index (χ0) is 14.0. The van der Waals surface area contributed by atoms with Crippen molar-refractivity contribution in [1.29, 1.82) is 0 Å². The highest BCUT2D eigenvalue weighted by Gasteiger charge is 2.35. The molecule has 1 aromatic rings. The molecule has 0 aromatic carbocycles. The van der Waals surface area contributed by atoms with Gasteiger partial charge in [-0.3, -0.25) is 4.68 Å². The largest absolute Gasteiger partial charge is 0.495 e. The van der Waals surface area contributed by atoms with Crippen LogP contribution >= 0.6 is 0 Å². The first-order chi connectivity index (χ1) is 8.96. The molecule has 0 spiro atoms. The Morgan fingerprint density at radius 2 is 2.32 bits per heavy atom. The molecule has 0 aliphatic heterocycles. The number of hydrogen-bond donors (Lipinski definition) is 1. The fourth-order valence-electron chi connectivity index (χ4n) is 2.26. The molecule has 2 N–H and O–H groups in total. The normalized spacial score (nSPS) is 23.5. The molecule has 1 atom stereocenters. The lowest BCUT2D eigenvalue weighted by molar-refractivity contribution is 0.148. The molecule has 0 saturated carbocycles. The van der Waals surface area contributed by atoms with Crippen molar-refractivity contribution in [2.45, 2.75) is 32.1 Å². The molecule has 1 unspecified atom stereocenters. The Morgan fingerprint density at radius 1 is 1.58 bits per heavy atom. The van der Waals surface area contributed by atoms with Gasteiger partial charge in [-0.2, -0.15) is 5.10 Å². The Morgan fingerprint density at radius 3 is 2.84 bits per heavy atom. The van der Waals surface area contributed by atoms with Gasteiger partial charge in [0.2, 0.25) is 0 Å². The minimum atomic E-state index is -1.92. The number of rotatable bonds is 4. The van der Waals surface area contributed by atoms with E-state index in [9.17, 15) is 8.78 Å². The number of nitrogens with two attached hydrogens (primary N) is 1. The standard InChI is InChI=1S/C13H17F2N3O/c1-13(15)4-9(3-11(14)12(13)19-2)7-18-8-10(5-16)6-17-18/h4,6,8H,3,5,7,16H2,1-2H3. The van der Waals surface area contributed by atoms with Gasteiger partial charge in [0.05, 0.1) is 19.9 Å². The number of ether oxygens (including phenoxy) is 1. The van der Waals surface area contributed by atoms with E-state index >= 15 is 0 Å². The number of allylic oxidation sites excluding steroid dienone is 3. The van der Waals surface area contributed by atoms with Gasteiger partial charge < -0.3 is 10.5 Å². The van der Waals surface area contributed by atoms with Crippen molar-refractivity contribution in [2.24, 2.45) is 5.73 Å². The van der Waals surface area contributed by atoms with Crippen LogP contribution in [-0.2, 0) is 17.8 Å². The highest BCUT2D eigenvalue weighted by atomic mass is 19.1. The fraction of sp³-hybridized carbons (Fsp3) is 0.462. The topological polar surface area (TPSA) is 53.1 Å². The minimum absolute atomic E-state index is 0.0422. The minimum Gasteiger partial charge on any atom is -0.495 e. The molecule has 104 valence electrons. The Kier molecular flexibility index (Phi) is 3.71. The third-order valence-corrected chi connectivity index (χ3v) is 3.04. The molecule has 6 heteroatoms. The molecule has 0 fully saturated rings. The number of halogens is 2. The summed E-state index contributed by atoms with van der Waals surface area (Å²) >= 11 is 0. The first-order valence-corrected chi connectivity index (χ1v) is 6.00. The van der Waals surface area contributed by atoms with Crippen molar-refractivity contribution in [3.63, 3.8) is 0 Å². The Bertz CT molecular complexity index is 532. The second kappa shape index (κ2) is 5.13. The lowest BCUT2D eigenvalue weighted by Gasteiger charge is -2.26. The summed E-state index contributed by atoms with van der Waals surface area (Å²) in [6.45, 7) is 2.00. The lowest BCUT2D eigenvalue weighted by Crippen LogP contribution is -2.25. The third-order valence-electron chi connectivity index (χ3n) is 3.04. The molecule has 1 aromatic heterocycles. The van der Waals surface area contributed by atoms with Crippen LogP contribution in [0.4, 0.5) is 8.78 Å². The average Bonchev–Trinajstić information content (AvgIpc) is 2.75. The van der Waals surface area contributed by atoms with Crippen LogP contribution in [0, 0.1) is 0 Å². The quantitative estimate of drug-likeness (QED) is 0.853. The third kappa shape index (κ3) is 2.84. The summed E-state index contributed by atoms with van der Waals surface area (Å²) in [5.41, 5.74) is 5.07. The zero-order valence-corrected chi connectivity index (χ0v) is 11.0. The maximum atomic E-state index is 14.3. The van der Waals surface area contributed by atoms with Crippen LogP contribution in [0.2, 0.25) is 0 Å². The highest BCUT2D eigenvalue weighted by molar-refractivity contribution is 5.32. The van der Waals surface area contributed by atoms with E-state index in [1.54, 1.807) is 17.1 Å². The van der Waals surface area contributed by atoms with E-state index < -0.39 is 11.5 Å². The lowest BCUT2D eigenvalue weighted by atomic mass is 9.93. The molecule has 1 aliphatic rings.